The van der Waals surface area contributed by atoms with Crippen molar-refractivity contribution in [3.05, 3.63) is 16.1 Å². The van der Waals surface area contributed by atoms with Crippen molar-refractivity contribution in [2.45, 2.75) is 51.8 Å². The Balaban J connectivity index is 2.13. The Morgan fingerprint density at radius 2 is 2.00 bits per heavy atom. The summed E-state index contributed by atoms with van der Waals surface area (Å²) in [7, 11) is 0. The van der Waals surface area contributed by atoms with Crippen LogP contribution in [0.2, 0.25) is 0 Å². The van der Waals surface area contributed by atoms with Gasteiger partial charge in [-0.1, -0.05) is 20.3 Å². The van der Waals surface area contributed by atoms with Crippen LogP contribution in [0.4, 0.5) is 0 Å². The molecule has 4 heteroatoms. The molecule has 0 aromatic carbocycles. The highest BCUT2D eigenvalue weighted by Crippen LogP contribution is 2.14. The van der Waals surface area contributed by atoms with Crippen molar-refractivity contribution in [1.29, 1.82) is 0 Å². The van der Waals surface area contributed by atoms with Crippen molar-refractivity contribution < 1.29 is 0 Å². The maximum atomic E-state index is 5.75. The van der Waals surface area contributed by atoms with Crippen LogP contribution in [0, 0.1) is 0 Å². The normalized spacial score (nSPS) is 11.3. The standard InChI is InChI=1S/C14H25ClN2S/c1-3-5-9-17(4-2)10-7-6-8-14-16-13(11-15)12-18-14/h12H,3-11H2,1-2H3. The van der Waals surface area contributed by atoms with Crippen molar-refractivity contribution in [1.82, 2.24) is 9.88 Å². The summed E-state index contributed by atoms with van der Waals surface area (Å²) in [5.41, 5.74) is 1.02. The minimum Gasteiger partial charge on any atom is -0.304 e. The van der Waals surface area contributed by atoms with Gasteiger partial charge in [-0.25, -0.2) is 4.98 Å². The maximum Gasteiger partial charge on any atom is 0.0928 e. The summed E-state index contributed by atoms with van der Waals surface area (Å²) in [6.07, 6.45) is 6.22. The Morgan fingerprint density at radius 3 is 2.61 bits per heavy atom. The molecule has 0 aliphatic carbocycles. The molecule has 0 aliphatic rings. The zero-order valence-electron chi connectivity index (χ0n) is 11.6. The second-order valence-electron chi connectivity index (χ2n) is 4.61. The number of rotatable bonds is 10. The van der Waals surface area contributed by atoms with Crippen LogP contribution in [0.15, 0.2) is 5.38 Å². The molecule has 0 spiro atoms. The number of unbranched alkanes of at least 4 members (excludes halogenated alkanes) is 2. The molecular formula is C14H25ClN2S. The summed E-state index contributed by atoms with van der Waals surface area (Å²) in [6, 6.07) is 0. The van der Waals surface area contributed by atoms with Gasteiger partial charge < -0.3 is 4.90 Å². The zero-order valence-corrected chi connectivity index (χ0v) is 13.2. The Bertz CT molecular complexity index is 314. The van der Waals surface area contributed by atoms with E-state index in [0.29, 0.717) is 5.88 Å². The maximum absolute atomic E-state index is 5.75. The van der Waals surface area contributed by atoms with Gasteiger partial charge in [0.15, 0.2) is 0 Å². The Labute approximate surface area is 120 Å². The van der Waals surface area contributed by atoms with Crippen molar-refractivity contribution >= 4 is 22.9 Å². The number of aryl methyl sites for hydroxylation is 1. The molecule has 0 atom stereocenters. The van der Waals surface area contributed by atoms with E-state index in [9.17, 15) is 0 Å². The molecule has 1 heterocycles. The zero-order chi connectivity index (χ0) is 13.2. The van der Waals surface area contributed by atoms with E-state index < -0.39 is 0 Å². The van der Waals surface area contributed by atoms with Crippen molar-refractivity contribution in [2.75, 3.05) is 19.6 Å². The minimum absolute atomic E-state index is 0.539. The lowest BCUT2D eigenvalue weighted by atomic mass is 10.2. The van der Waals surface area contributed by atoms with Crippen molar-refractivity contribution in [3.8, 4) is 0 Å². The van der Waals surface area contributed by atoms with Crippen LogP contribution in [0.25, 0.3) is 0 Å². The Morgan fingerprint density at radius 1 is 1.22 bits per heavy atom. The van der Waals surface area contributed by atoms with Gasteiger partial charge in [0.25, 0.3) is 0 Å². The molecule has 0 radical (unpaired) electrons. The molecule has 1 aromatic rings. The molecule has 0 N–H and O–H groups in total. The van der Waals surface area contributed by atoms with E-state index in [1.165, 1.54) is 50.3 Å². The van der Waals surface area contributed by atoms with E-state index in [1.54, 1.807) is 11.3 Å². The lowest BCUT2D eigenvalue weighted by Gasteiger charge is -2.19. The Hall–Kier alpha value is -0.120. The molecule has 2 nitrogen and oxygen atoms in total. The molecule has 0 aliphatic heterocycles. The predicted molar refractivity (Wildman–Crippen MR) is 81.6 cm³/mol. The minimum atomic E-state index is 0.539. The van der Waals surface area contributed by atoms with E-state index in [4.69, 9.17) is 11.6 Å². The summed E-state index contributed by atoms with van der Waals surface area (Å²) < 4.78 is 0. The van der Waals surface area contributed by atoms with Crippen LogP contribution in [-0.2, 0) is 12.3 Å². The molecule has 0 saturated carbocycles. The van der Waals surface area contributed by atoms with Crippen LogP contribution < -0.4 is 0 Å². The molecule has 104 valence electrons. The van der Waals surface area contributed by atoms with Crippen LogP contribution in [0.5, 0.6) is 0 Å². The predicted octanol–water partition coefficient (Wildman–Crippen LogP) is 4.33. The third kappa shape index (κ3) is 6.17. The van der Waals surface area contributed by atoms with Gasteiger partial charge in [-0.05, 0) is 45.3 Å². The molecule has 0 unspecified atom stereocenters. The summed E-state index contributed by atoms with van der Waals surface area (Å²) >= 11 is 7.49. The van der Waals surface area contributed by atoms with Gasteiger partial charge >= 0.3 is 0 Å². The monoisotopic (exact) mass is 288 g/mol. The van der Waals surface area contributed by atoms with Gasteiger partial charge in [-0.15, -0.1) is 22.9 Å². The number of aromatic nitrogens is 1. The first-order valence-corrected chi connectivity index (χ1v) is 8.43. The molecule has 0 amide bonds. The van der Waals surface area contributed by atoms with Crippen LogP contribution in [-0.4, -0.2) is 29.5 Å². The molecule has 1 aromatic heterocycles. The van der Waals surface area contributed by atoms with Crippen LogP contribution >= 0.6 is 22.9 Å². The van der Waals surface area contributed by atoms with E-state index in [0.717, 1.165) is 12.1 Å². The highest BCUT2D eigenvalue weighted by atomic mass is 35.5. The number of thiazole rings is 1. The first kappa shape index (κ1) is 15.9. The molecule has 1 rings (SSSR count). The van der Waals surface area contributed by atoms with Gasteiger partial charge in [0, 0.05) is 5.38 Å². The van der Waals surface area contributed by atoms with E-state index >= 15 is 0 Å². The third-order valence-corrected chi connectivity index (χ3v) is 4.36. The first-order valence-electron chi connectivity index (χ1n) is 7.01. The fourth-order valence-corrected chi connectivity index (χ4v) is 3.02. The molecular weight excluding hydrogens is 264 g/mol. The van der Waals surface area contributed by atoms with E-state index in [2.05, 4.69) is 29.1 Å². The van der Waals surface area contributed by atoms with E-state index in [1.807, 2.05) is 0 Å². The number of nitrogens with zero attached hydrogens (tertiary/aromatic N) is 2. The molecule has 0 bridgehead atoms. The highest BCUT2D eigenvalue weighted by Gasteiger charge is 2.03. The largest absolute Gasteiger partial charge is 0.304 e. The van der Waals surface area contributed by atoms with Crippen molar-refractivity contribution in [2.24, 2.45) is 0 Å². The summed E-state index contributed by atoms with van der Waals surface area (Å²) in [5, 5.41) is 3.31. The van der Waals surface area contributed by atoms with Gasteiger partial charge in [-0.2, -0.15) is 0 Å². The number of hydrogen-bond acceptors (Lipinski definition) is 3. The fraction of sp³-hybridized carbons (Fsp3) is 0.786. The second kappa shape index (κ2) is 9.76. The summed E-state index contributed by atoms with van der Waals surface area (Å²) in [5.74, 6) is 0.539. The number of hydrogen-bond donors (Lipinski definition) is 0. The first-order chi connectivity index (χ1) is 8.80. The number of alkyl halides is 1. The number of halogens is 1. The van der Waals surface area contributed by atoms with Gasteiger partial charge in [0.1, 0.15) is 0 Å². The SMILES string of the molecule is CCCCN(CC)CCCCc1nc(CCl)cs1. The average Bonchev–Trinajstić information content (AvgIpc) is 2.86. The third-order valence-electron chi connectivity index (χ3n) is 3.13. The second-order valence-corrected chi connectivity index (χ2v) is 5.82. The van der Waals surface area contributed by atoms with Gasteiger partial charge in [0.2, 0.25) is 0 Å². The summed E-state index contributed by atoms with van der Waals surface area (Å²) in [6.45, 7) is 8.16. The highest BCUT2D eigenvalue weighted by molar-refractivity contribution is 7.09. The van der Waals surface area contributed by atoms with Crippen LogP contribution in [0.1, 0.15) is 50.2 Å². The van der Waals surface area contributed by atoms with Crippen LogP contribution in [0.3, 0.4) is 0 Å². The lowest BCUT2D eigenvalue weighted by molar-refractivity contribution is 0.277. The Kier molecular flexibility index (Phi) is 8.64. The van der Waals surface area contributed by atoms with Gasteiger partial charge in [-0.3, -0.25) is 0 Å². The molecule has 0 fully saturated rings. The molecule has 18 heavy (non-hydrogen) atoms. The quantitative estimate of drug-likeness (QED) is 0.471. The molecule has 0 saturated heterocycles. The average molecular weight is 289 g/mol. The van der Waals surface area contributed by atoms with Crippen molar-refractivity contribution in [3.63, 3.8) is 0 Å². The van der Waals surface area contributed by atoms with Gasteiger partial charge in [0.05, 0.1) is 16.6 Å². The summed E-state index contributed by atoms with van der Waals surface area (Å²) in [4.78, 5) is 7.04. The smallest absolute Gasteiger partial charge is 0.0928 e. The topological polar surface area (TPSA) is 16.1 Å². The lowest BCUT2D eigenvalue weighted by Crippen LogP contribution is -2.25. The van der Waals surface area contributed by atoms with E-state index in [-0.39, 0.29) is 0 Å². The fourth-order valence-electron chi connectivity index (χ4n) is 1.95.